The van der Waals surface area contributed by atoms with Crippen molar-refractivity contribution in [2.24, 2.45) is 5.92 Å². The summed E-state index contributed by atoms with van der Waals surface area (Å²) in [6.07, 6.45) is 2.74. The number of hydrogen-bond donors (Lipinski definition) is 0. The van der Waals surface area contributed by atoms with Gasteiger partial charge in [0.25, 0.3) is 5.69 Å². The lowest BCUT2D eigenvalue weighted by molar-refractivity contribution is -0.384. The Kier molecular flexibility index (Phi) is 3.37. The highest BCUT2D eigenvalue weighted by Crippen LogP contribution is 2.24. The van der Waals surface area contributed by atoms with E-state index in [-0.39, 0.29) is 11.6 Å². The van der Waals surface area contributed by atoms with E-state index in [1.54, 1.807) is 12.1 Å². The van der Waals surface area contributed by atoms with Crippen molar-refractivity contribution in [1.82, 2.24) is 0 Å². The lowest BCUT2D eigenvalue weighted by Crippen LogP contribution is -2.33. The molecule has 0 N–H and O–H groups in total. The molecule has 0 radical (unpaired) electrons. The van der Waals surface area contributed by atoms with Crippen LogP contribution in [0.1, 0.15) is 12.8 Å². The van der Waals surface area contributed by atoms with Crippen molar-refractivity contribution in [2.75, 3.05) is 18.0 Å². The third kappa shape index (κ3) is 2.61. The second kappa shape index (κ2) is 4.95. The maximum absolute atomic E-state index is 10.6. The van der Waals surface area contributed by atoms with E-state index in [0.717, 1.165) is 37.9 Å². The molecule has 0 aromatic heterocycles. The average molecular weight is 234 g/mol. The normalized spacial score (nSPS) is 16.8. The maximum atomic E-state index is 10.6. The number of nitro groups is 1. The van der Waals surface area contributed by atoms with Crippen molar-refractivity contribution in [3.05, 3.63) is 34.4 Å². The van der Waals surface area contributed by atoms with Crippen molar-refractivity contribution >= 4 is 17.7 Å². The molecule has 1 aliphatic rings. The summed E-state index contributed by atoms with van der Waals surface area (Å²) in [7, 11) is 0. The second-order valence-corrected chi connectivity index (χ2v) is 4.23. The molecule has 0 spiro atoms. The first-order valence-electron chi connectivity index (χ1n) is 5.65. The Morgan fingerprint density at radius 2 is 1.82 bits per heavy atom. The summed E-state index contributed by atoms with van der Waals surface area (Å²) in [6.45, 7) is 1.67. The van der Waals surface area contributed by atoms with Crippen LogP contribution in [0.5, 0.6) is 0 Å². The molecule has 1 saturated heterocycles. The Morgan fingerprint density at radius 3 is 2.29 bits per heavy atom. The molecule has 0 amide bonds. The van der Waals surface area contributed by atoms with E-state index >= 15 is 0 Å². The quantitative estimate of drug-likeness (QED) is 0.456. The van der Waals surface area contributed by atoms with Gasteiger partial charge in [0, 0.05) is 36.8 Å². The van der Waals surface area contributed by atoms with Crippen LogP contribution in [0.25, 0.3) is 0 Å². The van der Waals surface area contributed by atoms with Crippen LogP contribution in [0.4, 0.5) is 11.4 Å². The molecule has 1 aliphatic heterocycles. The van der Waals surface area contributed by atoms with E-state index in [0.29, 0.717) is 0 Å². The van der Waals surface area contributed by atoms with Gasteiger partial charge >= 0.3 is 0 Å². The first-order chi connectivity index (χ1) is 8.20. The second-order valence-electron chi connectivity index (χ2n) is 4.23. The number of anilines is 1. The summed E-state index contributed by atoms with van der Waals surface area (Å²) in [5, 5.41) is 10.5. The maximum Gasteiger partial charge on any atom is 0.269 e. The first kappa shape index (κ1) is 11.6. The molecule has 5 heteroatoms. The lowest BCUT2D eigenvalue weighted by atomic mass is 9.98. The fraction of sp³-hybridized carbons (Fsp3) is 0.417. The van der Waals surface area contributed by atoms with E-state index in [9.17, 15) is 14.9 Å². The van der Waals surface area contributed by atoms with Crippen LogP contribution in [0.15, 0.2) is 24.3 Å². The van der Waals surface area contributed by atoms with Gasteiger partial charge in [-0.3, -0.25) is 10.1 Å². The Bertz CT molecular complexity index is 408. The van der Waals surface area contributed by atoms with E-state index in [1.165, 1.54) is 12.1 Å². The van der Waals surface area contributed by atoms with E-state index < -0.39 is 4.92 Å². The van der Waals surface area contributed by atoms with Gasteiger partial charge in [0.2, 0.25) is 0 Å². The minimum Gasteiger partial charge on any atom is -0.371 e. The summed E-state index contributed by atoms with van der Waals surface area (Å²) in [4.78, 5) is 22.9. The minimum atomic E-state index is -0.400. The number of rotatable bonds is 3. The van der Waals surface area contributed by atoms with Gasteiger partial charge in [-0.05, 0) is 25.0 Å². The number of benzene rings is 1. The zero-order valence-electron chi connectivity index (χ0n) is 9.41. The molecular formula is C12H14N2O3. The third-order valence-electron chi connectivity index (χ3n) is 3.16. The van der Waals surface area contributed by atoms with Crippen molar-refractivity contribution in [3.63, 3.8) is 0 Å². The minimum absolute atomic E-state index is 0.108. The number of carbonyl (C=O) groups excluding carboxylic acids is 1. The zero-order chi connectivity index (χ0) is 12.3. The number of nitro benzene ring substituents is 1. The van der Waals surface area contributed by atoms with Crippen LogP contribution in [0.2, 0.25) is 0 Å². The van der Waals surface area contributed by atoms with Gasteiger partial charge in [-0.15, -0.1) is 0 Å². The summed E-state index contributed by atoms with van der Waals surface area (Å²) in [6, 6.07) is 6.56. The monoisotopic (exact) mass is 234 g/mol. The molecule has 1 heterocycles. The van der Waals surface area contributed by atoms with Crippen molar-refractivity contribution in [2.45, 2.75) is 12.8 Å². The van der Waals surface area contributed by atoms with Gasteiger partial charge in [0.1, 0.15) is 6.29 Å². The zero-order valence-corrected chi connectivity index (χ0v) is 9.41. The molecule has 1 aromatic carbocycles. The van der Waals surface area contributed by atoms with Crippen LogP contribution in [-0.2, 0) is 4.79 Å². The van der Waals surface area contributed by atoms with Gasteiger partial charge in [-0.2, -0.15) is 0 Å². The van der Waals surface area contributed by atoms with Crippen LogP contribution in [0, 0.1) is 16.0 Å². The smallest absolute Gasteiger partial charge is 0.269 e. The Hall–Kier alpha value is -1.91. The highest BCUT2D eigenvalue weighted by molar-refractivity contribution is 5.56. The number of non-ortho nitro benzene ring substituents is 1. The van der Waals surface area contributed by atoms with Gasteiger partial charge in [-0.25, -0.2) is 0 Å². The molecule has 0 saturated carbocycles. The fourth-order valence-corrected chi connectivity index (χ4v) is 2.08. The summed E-state index contributed by atoms with van der Waals surface area (Å²) in [5.41, 5.74) is 1.09. The van der Waals surface area contributed by atoms with Crippen molar-refractivity contribution < 1.29 is 9.72 Å². The predicted octanol–water partition coefficient (Wildman–Crippen LogP) is 2.01. The Morgan fingerprint density at radius 1 is 1.24 bits per heavy atom. The number of aldehydes is 1. The Labute approximate surface area is 99.2 Å². The number of hydrogen-bond acceptors (Lipinski definition) is 4. The summed E-state index contributed by atoms with van der Waals surface area (Å²) in [5.74, 6) is 0.171. The number of piperidine rings is 1. The number of nitrogens with zero attached hydrogens (tertiary/aromatic N) is 2. The fourth-order valence-electron chi connectivity index (χ4n) is 2.08. The summed E-state index contributed by atoms with van der Waals surface area (Å²) >= 11 is 0. The Balaban J connectivity index is 2.03. The molecule has 17 heavy (non-hydrogen) atoms. The predicted molar refractivity (Wildman–Crippen MR) is 64.1 cm³/mol. The molecule has 0 bridgehead atoms. The molecule has 90 valence electrons. The average Bonchev–Trinajstić information content (AvgIpc) is 2.39. The van der Waals surface area contributed by atoms with E-state index in [1.807, 2.05) is 0 Å². The molecule has 5 nitrogen and oxygen atoms in total. The SMILES string of the molecule is O=CC1CCN(c2ccc([N+](=O)[O-])cc2)CC1. The van der Waals surface area contributed by atoms with E-state index in [4.69, 9.17) is 0 Å². The lowest BCUT2D eigenvalue weighted by Gasteiger charge is -2.31. The van der Waals surface area contributed by atoms with Gasteiger partial charge < -0.3 is 9.69 Å². The van der Waals surface area contributed by atoms with E-state index in [2.05, 4.69) is 4.90 Å². The highest BCUT2D eigenvalue weighted by atomic mass is 16.6. The molecule has 1 aromatic rings. The summed E-state index contributed by atoms with van der Waals surface area (Å²) < 4.78 is 0. The molecule has 0 atom stereocenters. The van der Waals surface area contributed by atoms with Gasteiger partial charge in [-0.1, -0.05) is 0 Å². The molecule has 0 unspecified atom stereocenters. The molecular weight excluding hydrogens is 220 g/mol. The van der Waals surface area contributed by atoms with Crippen LogP contribution >= 0.6 is 0 Å². The molecule has 1 fully saturated rings. The van der Waals surface area contributed by atoms with Crippen molar-refractivity contribution in [1.29, 1.82) is 0 Å². The topological polar surface area (TPSA) is 63.5 Å². The molecule has 2 rings (SSSR count). The molecule has 0 aliphatic carbocycles. The van der Waals surface area contributed by atoms with Gasteiger partial charge in [0.05, 0.1) is 4.92 Å². The van der Waals surface area contributed by atoms with Crippen LogP contribution in [-0.4, -0.2) is 24.3 Å². The van der Waals surface area contributed by atoms with Crippen molar-refractivity contribution in [3.8, 4) is 0 Å². The number of carbonyl (C=O) groups is 1. The van der Waals surface area contributed by atoms with Crippen LogP contribution < -0.4 is 4.90 Å². The standard InChI is InChI=1S/C12H14N2O3/c15-9-10-5-7-13(8-6-10)11-1-3-12(4-2-11)14(16)17/h1-4,9-10H,5-8H2. The third-order valence-corrected chi connectivity index (χ3v) is 3.16. The van der Waals surface area contributed by atoms with Crippen LogP contribution in [0.3, 0.4) is 0 Å². The first-order valence-corrected chi connectivity index (χ1v) is 5.65. The largest absolute Gasteiger partial charge is 0.371 e. The van der Waals surface area contributed by atoms with Gasteiger partial charge in [0.15, 0.2) is 0 Å². The highest BCUT2D eigenvalue weighted by Gasteiger charge is 2.19.